The van der Waals surface area contributed by atoms with Gasteiger partial charge in [0.2, 0.25) is 0 Å². The number of aromatic nitrogens is 3. The Morgan fingerprint density at radius 3 is 2.83 bits per heavy atom. The Labute approximate surface area is 201 Å². The molecule has 4 heterocycles. The topological polar surface area (TPSA) is 97.5 Å². The first-order valence-corrected chi connectivity index (χ1v) is 11.3. The predicted octanol–water partition coefficient (Wildman–Crippen LogP) is 2.46. The summed E-state index contributed by atoms with van der Waals surface area (Å²) in [6.07, 6.45) is 6.47. The zero-order valence-electron chi connectivity index (χ0n) is 19.4. The molecule has 2 unspecified atom stereocenters. The van der Waals surface area contributed by atoms with Crippen molar-refractivity contribution in [2.45, 2.75) is 31.5 Å². The van der Waals surface area contributed by atoms with Crippen LogP contribution in [0.15, 0.2) is 48.9 Å². The van der Waals surface area contributed by atoms with Crippen LogP contribution in [0.1, 0.15) is 33.6 Å². The first-order valence-electron chi connectivity index (χ1n) is 11.3. The van der Waals surface area contributed by atoms with Gasteiger partial charge in [0.25, 0.3) is 5.91 Å². The molecule has 2 aliphatic heterocycles. The third-order valence-corrected chi connectivity index (χ3v) is 6.53. The Bertz CT molecular complexity index is 1300. The van der Waals surface area contributed by atoms with E-state index in [-0.39, 0.29) is 29.1 Å². The lowest BCUT2D eigenvalue weighted by atomic mass is 9.94. The number of nitrogens with zero attached hydrogens (tertiary/aromatic N) is 4. The number of piperidine rings is 1. The number of hydrogen-bond donors (Lipinski definition) is 1. The molecule has 2 aromatic heterocycles. The molecule has 0 spiro atoms. The van der Waals surface area contributed by atoms with Crippen LogP contribution in [0.5, 0.6) is 5.75 Å². The molecule has 0 bridgehead atoms. The van der Waals surface area contributed by atoms with Crippen molar-refractivity contribution in [3.05, 3.63) is 65.9 Å². The molecule has 1 N–H and O–H groups in total. The summed E-state index contributed by atoms with van der Waals surface area (Å²) in [5, 5.41) is 3.29. The van der Waals surface area contributed by atoms with E-state index in [0.29, 0.717) is 48.9 Å². The monoisotopic (exact) mass is 478 g/mol. The van der Waals surface area contributed by atoms with Gasteiger partial charge in [0.15, 0.2) is 0 Å². The number of methoxy groups -OCH3 is 2. The fourth-order valence-corrected chi connectivity index (χ4v) is 4.87. The molecule has 35 heavy (non-hydrogen) atoms. The maximum Gasteiger partial charge on any atom is 0.345 e. The minimum Gasteiger partial charge on any atom is -0.496 e. The van der Waals surface area contributed by atoms with E-state index in [0.717, 1.165) is 0 Å². The summed E-state index contributed by atoms with van der Waals surface area (Å²) in [6, 6.07) is 7.65. The third-order valence-electron chi connectivity index (χ3n) is 6.53. The largest absolute Gasteiger partial charge is 0.496 e. The second-order valence-electron chi connectivity index (χ2n) is 8.52. The van der Waals surface area contributed by atoms with Crippen LogP contribution in [0.3, 0.4) is 0 Å². The average Bonchev–Trinajstić information content (AvgIpc) is 2.88. The van der Waals surface area contributed by atoms with Crippen molar-refractivity contribution < 1.29 is 28.0 Å². The van der Waals surface area contributed by atoms with Gasteiger partial charge in [0.05, 0.1) is 37.6 Å². The Balaban J connectivity index is 1.49. The smallest absolute Gasteiger partial charge is 0.345 e. The molecule has 180 valence electrons. The van der Waals surface area contributed by atoms with Gasteiger partial charge in [0, 0.05) is 24.8 Å². The summed E-state index contributed by atoms with van der Waals surface area (Å²) >= 11 is 0. The summed E-state index contributed by atoms with van der Waals surface area (Å²) in [5.41, 5.74) is 0.664. The number of ether oxygens (including phenoxy) is 2. The van der Waals surface area contributed by atoms with Gasteiger partial charge in [-0.1, -0.05) is 6.07 Å². The fourth-order valence-electron chi connectivity index (χ4n) is 4.87. The lowest BCUT2D eigenvalue weighted by Gasteiger charge is -2.40. The van der Waals surface area contributed by atoms with Gasteiger partial charge >= 0.3 is 11.8 Å². The van der Waals surface area contributed by atoms with E-state index in [1.54, 1.807) is 29.3 Å². The van der Waals surface area contributed by atoms with Crippen molar-refractivity contribution in [1.82, 2.24) is 14.9 Å². The van der Waals surface area contributed by atoms with E-state index in [9.17, 15) is 9.59 Å². The van der Waals surface area contributed by atoms with Gasteiger partial charge in [-0.3, -0.25) is 4.79 Å². The summed E-state index contributed by atoms with van der Waals surface area (Å²) < 4.78 is 27.2. The molecule has 1 amide bonds. The number of halogens is 1. The van der Waals surface area contributed by atoms with E-state index in [2.05, 4.69) is 15.3 Å². The maximum absolute atomic E-state index is 15.0. The number of carbonyl (C=O) groups excluding carboxylic acids is 2. The van der Waals surface area contributed by atoms with E-state index >= 15 is 4.39 Å². The van der Waals surface area contributed by atoms with E-state index in [1.807, 2.05) is 16.8 Å². The number of benzene rings is 1. The van der Waals surface area contributed by atoms with Crippen LogP contribution in [0.4, 0.5) is 10.2 Å². The minimum atomic E-state index is -0.581. The van der Waals surface area contributed by atoms with Gasteiger partial charge in [0.1, 0.15) is 35.7 Å². The van der Waals surface area contributed by atoms with Crippen molar-refractivity contribution in [1.29, 1.82) is 0 Å². The van der Waals surface area contributed by atoms with Gasteiger partial charge in [-0.15, -0.1) is 0 Å². The van der Waals surface area contributed by atoms with Crippen LogP contribution >= 0.6 is 0 Å². The Kier molecular flexibility index (Phi) is 6.02. The second kappa shape index (κ2) is 9.28. The van der Waals surface area contributed by atoms with Crippen LogP contribution in [-0.4, -0.2) is 59.6 Å². The standard InChI is InChI=1S/C25H24FN5O4/c1-34-19-9-11-27-22(21(19)25(33)35-2)29-15-7-8-16-14-30-12-4-10-28-23(30)17-5-3-6-18(26)20(17)24(32)31(16)13-15/h3-6,9-12,15-16H,7-8,13-14H2,1-2H3/p+1. The highest BCUT2D eigenvalue weighted by atomic mass is 19.1. The molecule has 1 fully saturated rings. The van der Waals surface area contributed by atoms with Crippen LogP contribution in [-0.2, 0) is 11.3 Å². The van der Waals surface area contributed by atoms with Crippen molar-refractivity contribution in [3.63, 3.8) is 0 Å². The highest BCUT2D eigenvalue weighted by Gasteiger charge is 2.39. The number of pyridine rings is 1. The number of rotatable bonds is 4. The highest BCUT2D eigenvalue weighted by molar-refractivity contribution is 6.01. The van der Waals surface area contributed by atoms with Gasteiger partial charge < -0.3 is 19.7 Å². The molecular weight excluding hydrogens is 453 g/mol. The van der Waals surface area contributed by atoms with E-state index in [4.69, 9.17) is 9.47 Å². The number of esters is 1. The first-order chi connectivity index (χ1) is 17.0. The minimum absolute atomic E-state index is 0.0139. The number of nitrogens with one attached hydrogen (secondary N) is 1. The van der Waals surface area contributed by atoms with Gasteiger partial charge in [-0.05, 0) is 36.0 Å². The zero-order chi connectivity index (χ0) is 24.5. The quantitative estimate of drug-likeness (QED) is 0.455. The lowest BCUT2D eigenvalue weighted by molar-refractivity contribution is -0.693. The molecule has 0 radical (unpaired) electrons. The van der Waals surface area contributed by atoms with E-state index < -0.39 is 11.8 Å². The summed E-state index contributed by atoms with van der Waals surface area (Å²) in [4.78, 5) is 36.6. The average molecular weight is 479 g/mol. The Morgan fingerprint density at radius 2 is 2.03 bits per heavy atom. The molecule has 9 nitrogen and oxygen atoms in total. The highest BCUT2D eigenvalue weighted by Crippen LogP contribution is 2.31. The predicted molar refractivity (Wildman–Crippen MR) is 123 cm³/mol. The Morgan fingerprint density at radius 1 is 1.17 bits per heavy atom. The zero-order valence-corrected chi connectivity index (χ0v) is 19.4. The molecule has 0 saturated carbocycles. The number of anilines is 1. The Hall–Kier alpha value is -4.08. The second-order valence-corrected chi connectivity index (χ2v) is 8.52. The summed E-state index contributed by atoms with van der Waals surface area (Å²) in [5.74, 6) is -0.318. The molecule has 1 saturated heterocycles. The van der Waals surface area contributed by atoms with Crippen molar-refractivity contribution in [2.24, 2.45) is 0 Å². The van der Waals surface area contributed by atoms with Gasteiger partial charge in [-0.25, -0.2) is 18.7 Å². The number of fused-ring (bicyclic) bond motifs is 4. The number of amides is 1. The van der Waals surface area contributed by atoms with Crippen LogP contribution in [0.2, 0.25) is 0 Å². The third kappa shape index (κ3) is 4.05. The number of hydrogen-bond acceptors (Lipinski definition) is 7. The molecule has 10 heteroatoms. The molecule has 2 atom stereocenters. The van der Waals surface area contributed by atoms with Crippen molar-refractivity contribution in [2.75, 3.05) is 26.1 Å². The van der Waals surface area contributed by atoms with Crippen molar-refractivity contribution >= 4 is 17.7 Å². The van der Waals surface area contributed by atoms with E-state index in [1.165, 1.54) is 26.5 Å². The van der Waals surface area contributed by atoms with Crippen LogP contribution in [0.25, 0.3) is 11.4 Å². The molecular formula is C25H25FN5O4+. The molecule has 2 aliphatic rings. The molecule has 0 aliphatic carbocycles. The fraction of sp³-hybridized carbons (Fsp3) is 0.320. The maximum atomic E-state index is 15.0. The van der Waals surface area contributed by atoms with Crippen LogP contribution < -0.4 is 14.6 Å². The first kappa shape index (κ1) is 22.7. The SMILES string of the molecule is COC(=O)c1c(OC)ccnc1NC1CCC2C[n+]3cccnc3-c3cccc(F)c3C(=O)N2C1. The molecule has 5 rings (SSSR count). The molecule has 1 aromatic carbocycles. The summed E-state index contributed by atoms with van der Waals surface area (Å²) in [6.45, 7) is 0.856. The normalized spacial score (nSPS) is 18.9. The van der Waals surface area contributed by atoms with Crippen LogP contribution in [0, 0.1) is 5.82 Å². The van der Waals surface area contributed by atoms with Crippen molar-refractivity contribution in [3.8, 4) is 17.1 Å². The molecule has 3 aromatic rings. The number of carbonyl (C=O) groups is 2. The van der Waals surface area contributed by atoms with Gasteiger partial charge in [-0.2, -0.15) is 0 Å². The summed E-state index contributed by atoms with van der Waals surface area (Å²) in [7, 11) is 2.75. The lowest BCUT2D eigenvalue weighted by Crippen LogP contribution is -2.58.